The van der Waals surface area contributed by atoms with Crippen molar-refractivity contribution in [2.75, 3.05) is 26.2 Å². The van der Waals surface area contributed by atoms with Crippen LogP contribution in [-0.2, 0) is 0 Å². The Morgan fingerprint density at radius 2 is 2.05 bits per heavy atom. The Kier molecular flexibility index (Phi) is 4.01. The van der Waals surface area contributed by atoms with Crippen LogP contribution in [0.5, 0.6) is 5.75 Å². The number of nitrogens with zero attached hydrogens (tertiary/aromatic N) is 2. The van der Waals surface area contributed by atoms with E-state index in [2.05, 4.69) is 9.88 Å². The Hall–Kier alpha value is -2.14. The average molecular weight is 286 g/mol. The van der Waals surface area contributed by atoms with E-state index in [1.165, 1.54) is 19.0 Å². The fraction of sp³-hybridized carbons (Fsp3) is 0.375. The molecule has 0 saturated carbocycles. The van der Waals surface area contributed by atoms with Crippen molar-refractivity contribution in [2.45, 2.75) is 12.8 Å². The maximum Gasteiger partial charge on any atom is 0.341 e. The summed E-state index contributed by atoms with van der Waals surface area (Å²) < 4.78 is 5.81. The number of pyridine rings is 1. The minimum absolute atomic E-state index is 0.120. The lowest BCUT2D eigenvalue weighted by atomic mass is 10.1. The highest BCUT2D eigenvalue weighted by atomic mass is 16.5. The number of aromatic carboxylic acids is 1. The molecule has 1 aromatic heterocycles. The Bertz CT molecular complexity index is 651. The number of para-hydroxylation sites is 1. The molecule has 1 aromatic carbocycles. The molecule has 0 bridgehead atoms. The summed E-state index contributed by atoms with van der Waals surface area (Å²) in [6, 6.07) is 7.45. The van der Waals surface area contributed by atoms with Crippen LogP contribution in [0.3, 0.4) is 0 Å². The Balaban J connectivity index is 1.83. The van der Waals surface area contributed by atoms with Crippen LogP contribution in [-0.4, -0.2) is 47.2 Å². The summed E-state index contributed by atoms with van der Waals surface area (Å²) in [6.45, 7) is 3.53. The molecule has 0 radical (unpaired) electrons. The number of ether oxygens (including phenoxy) is 1. The number of likely N-dealkylation sites (tertiary alicyclic amines) is 1. The van der Waals surface area contributed by atoms with Gasteiger partial charge >= 0.3 is 5.97 Å². The Morgan fingerprint density at radius 1 is 1.29 bits per heavy atom. The second-order valence-corrected chi connectivity index (χ2v) is 5.22. The van der Waals surface area contributed by atoms with E-state index in [0.717, 1.165) is 30.5 Å². The minimum atomic E-state index is -1.01. The number of fused-ring (bicyclic) bond motifs is 1. The molecule has 0 atom stereocenters. The maximum atomic E-state index is 11.4. The first-order chi connectivity index (χ1) is 10.3. The highest BCUT2D eigenvalue weighted by Crippen LogP contribution is 2.28. The van der Waals surface area contributed by atoms with Gasteiger partial charge in [0.05, 0.1) is 5.52 Å². The zero-order valence-electron chi connectivity index (χ0n) is 11.8. The SMILES string of the molecule is O=C(O)c1cnc2ccccc2c1OCCN1CCCC1. The van der Waals surface area contributed by atoms with Gasteiger partial charge in [0, 0.05) is 18.1 Å². The minimum Gasteiger partial charge on any atom is -0.491 e. The van der Waals surface area contributed by atoms with E-state index in [1.807, 2.05) is 24.3 Å². The fourth-order valence-corrected chi connectivity index (χ4v) is 2.71. The van der Waals surface area contributed by atoms with Crippen molar-refractivity contribution in [3.05, 3.63) is 36.0 Å². The lowest BCUT2D eigenvalue weighted by molar-refractivity contribution is 0.0691. The van der Waals surface area contributed by atoms with Crippen molar-refractivity contribution in [1.29, 1.82) is 0 Å². The van der Waals surface area contributed by atoms with Crippen LogP contribution in [0.4, 0.5) is 0 Å². The van der Waals surface area contributed by atoms with E-state index in [9.17, 15) is 9.90 Å². The number of carboxylic acids is 1. The number of benzene rings is 1. The fourth-order valence-electron chi connectivity index (χ4n) is 2.71. The number of hydrogen-bond donors (Lipinski definition) is 1. The zero-order chi connectivity index (χ0) is 14.7. The second kappa shape index (κ2) is 6.10. The highest BCUT2D eigenvalue weighted by Gasteiger charge is 2.17. The van der Waals surface area contributed by atoms with Crippen molar-refractivity contribution in [1.82, 2.24) is 9.88 Å². The molecule has 5 heteroatoms. The molecule has 3 rings (SSSR count). The third-order valence-electron chi connectivity index (χ3n) is 3.81. The van der Waals surface area contributed by atoms with E-state index in [-0.39, 0.29) is 5.56 Å². The lowest BCUT2D eigenvalue weighted by Gasteiger charge is -2.16. The third-order valence-corrected chi connectivity index (χ3v) is 3.81. The summed E-state index contributed by atoms with van der Waals surface area (Å²) >= 11 is 0. The van der Waals surface area contributed by atoms with Crippen LogP contribution < -0.4 is 4.74 Å². The van der Waals surface area contributed by atoms with Crippen molar-refractivity contribution >= 4 is 16.9 Å². The third kappa shape index (κ3) is 2.97. The number of rotatable bonds is 5. The number of carboxylic acid groups (broad SMARTS) is 1. The van der Waals surface area contributed by atoms with Gasteiger partial charge in [-0.25, -0.2) is 4.79 Å². The van der Waals surface area contributed by atoms with Crippen LogP contribution in [0.25, 0.3) is 10.9 Å². The quantitative estimate of drug-likeness (QED) is 0.914. The van der Waals surface area contributed by atoms with Gasteiger partial charge in [0.1, 0.15) is 17.9 Å². The molecule has 1 aliphatic rings. The molecule has 1 aliphatic heterocycles. The monoisotopic (exact) mass is 286 g/mol. The van der Waals surface area contributed by atoms with Crippen molar-refractivity contribution in [3.8, 4) is 5.75 Å². The summed E-state index contributed by atoms with van der Waals surface area (Å²) in [5.41, 5.74) is 0.869. The molecular formula is C16H18N2O3. The zero-order valence-corrected chi connectivity index (χ0v) is 11.8. The number of hydrogen-bond acceptors (Lipinski definition) is 4. The molecule has 21 heavy (non-hydrogen) atoms. The molecule has 0 spiro atoms. The molecule has 0 amide bonds. The summed E-state index contributed by atoms with van der Waals surface area (Å²) in [5, 5.41) is 10.1. The molecule has 1 saturated heterocycles. The van der Waals surface area contributed by atoms with Gasteiger partial charge in [-0.2, -0.15) is 0 Å². The van der Waals surface area contributed by atoms with E-state index in [4.69, 9.17) is 4.74 Å². The van der Waals surface area contributed by atoms with E-state index >= 15 is 0 Å². The number of aromatic nitrogens is 1. The van der Waals surface area contributed by atoms with Crippen LogP contribution in [0.15, 0.2) is 30.5 Å². The molecule has 110 valence electrons. The van der Waals surface area contributed by atoms with E-state index in [1.54, 1.807) is 0 Å². The molecule has 1 N–H and O–H groups in total. The van der Waals surface area contributed by atoms with Crippen LogP contribution in [0, 0.1) is 0 Å². The highest BCUT2D eigenvalue weighted by molar-refractivity contribution is 5.98. The van der Waals surface area contributed by atoms with Gasteiger partial charge < -0.3 is 9.84 Å². The van der Waals surface area contributed by atoms with Gasteiger partial charge in [-0.1, -0.05) is 12.1 Å². The van der Waals surface area contributed by atoms with Crippen LogP contribution in [0.2, 0.25) is 0 Å². The predicted molar refractivity (Wildman–Crippen MR) is 79.9 cm³/mol. The van der Waals surface area contributed by atoms with Crippen LogP contribution >= 0.6 is 0 Å². The van der Waals surface area contributed by atoms with E-state index < -0.39 is 5.97 Å². The molecule has 0 aliphatic carbocycles. The summed E-state index contributed by atoms with van der Waals surface area (Å²) in [6.07, 6.45) is 3.84. The first-order valence-corrected chi connectivity index (χ1v) is 7.22. The first-order valence-electron chi connectivity index (χ1n) is 7.22. The normalized spacial score (nSPS) is 15.4. The molecule has 0 unspecified atom stereocenters. The topological polar surface area (TPSA) is 62.7 Å². The molecule has 2 heterocycles. The Labute approximate surface area is 123 Å². The number of carbonyl (C=O) groups is 1. The molecule has 2 aromatic rings. The second-order valence-electron chi connectivity index (χ2n) is 5.22. The summed E-state index contributed by atoms with van der Waals surface area (Å²) in [4.78, 5) is 17.9. The standard InChI is InChI=1S/C16H18N2O3/c19-16(20)13-11-17-14-6-2-1-5-12(14)15(13)21-10-9-18-7-3-4-8-18/h1-2,5-6,11H,3-4,7-10H2,(H,19,20). The maximum absolute atomic E-state index is 11.4. The molecular weight excluding hydrogens is 268 g/mol. The molecule has 1 fully saturated rings. The first kappa shape index (κ1) is 13.8. The van der Waals surface area contributed by atoms with Gasteiger partial charge in [0.25, 0.3) is 0 Å². The van der Waals surface area contributed by atoms with Gasteiger partial charge in [0.2, 0.25) is 0 Å². The summed E-state index contributed by atoms with van der Waals surface area (Å²) in [5.74, 6) is -0.586. The van der Waals surface area contributed by atoms with Gasteiger partial charge in [-0.3, -0.25) is 9.88 Å². The Morgan fingerprint density at radius 3 is 2.81 bits per heavy atom. The lowest BCUT2D eigenvalue weighted by Crippen LogP contribution is -2.25. The van der Waals surface area contributed by atoms with Crippen molar-refractivity contribution in [2.24, 2.45) is 0 Å². The van der Waals surface area contributed by atoms with E-state index in [0.29, 0.717) is 12.4 Å². The predicted octanol–water partition coefficient (Wildman–Crippen LogP) is 2.41. The van der Waals surface area contributed by atoms with Crippen molar-refractivity contribution in [3.63, 3.8) is 0 Å². The molecule has 5 nitrogen and oxygen atoms in total. The average Bonchev–Trinajstić information content (AvgIpc) is 3.00. The van der Waals surface area contributed by atoms with Crippen molar-refractivity contribution < 1.29 is 14.6 Å². The van der Waals surface area contributed by atoms with Gasteiger partial charge in [-0.05, 0) is 38.1 Å². The van der Waals surface area contributed by atoms with Gasteiger partial charge in [-0.15, -0.1) is 0 Å². The van der Waals surface area contributed by atoms with Gasteiger partial charge in [0.15, 0.2) is 0 Å². The smallest absolute Gasteiger partial charge is 0.341 e. The largest absolute Gasteiger partial charge is 0.491 e. The summed E-state index contributed by atoms with van der Waals surface area (Å²) in [7, 11) is 0. The van der Waals surface area contributed by atoms with Crippen LogP contribution in [0.1, 0.15) is 23.2 Å².